The lowest BCUT2D eigenvalue weighted by atomic mass is 9.96. The Morgan fingerprint density at radius 1 is 0.750 bits per heavy atom. The Labute approximate surface area is 63.5 Å². The Morgan fingerprint density at radius 3 is 1.00 bits per heavy atom. The number of hydrogen-bond acceptors (Lipinski definition) is 0. The van der Waals surface area contributed by atoms with Crippen molar-refractivity contribution in [3.05, 3.63) is 0 Å². The third-order valence-electron chi connectivity index (χ3n) is 1.60. The molecule has 8 heavy (non-hydrogen) atoms. The molecular weight excluding hydrogens is 160 g/mol. The van der Waals surface area contributed by atoms with E-state index in [4.69, 9.17) is 0 Å². The first-order valence-electron chi connectivity index (χ1n) is 2.46. The van der Waals surface area contributed by atoms with E-state index < -0.39 is 0 Å². The van der Waals surface area contributed by atoms with Gasteiger partial charge in [-0.25, -0.2) is 0 Å². The molecule has 1 aliphatic rings. The molecule has 0 nitrogen and oxygen atoms in total. The summed E-state index contributed by atoms with van der Waals surface area (Å²) in [6.45, 7) is 0. The molecule has 0 aromatic rings. The second-order valence-corrected chi connectivity index (χ2v) is 6.72. The highest BCUT2D eigenvalue weighted by Gasteiger charge is 2.45. The second kappa shape index (κ2) is 1.68. The lowest BCUT2D eigenvalue weighted by molar-refractivity contribution is 0.408. The van der Waals surface area contributed by atoms with Gasteiger partial charge in [-0.2, -0.15) is 0 Å². The van der Waals surface area contributed by atoms with Crippen LogP contribution in [0.2, 0.25) is 9.32 Å². The molecule has 4 heteroatoms. The standard InChI is InChI=1S/C4H4Si4/c5-3(6)1-2-4(3,7)8/h1-2H2. The highest BCUT2D eigenvalue weighted by molar-refractivity contribution is 6.55. The molecule has 0 heterocycles. The van der Waals surface area contributed by atoms with Crippen LogP contribution in [0.15, 0.2) is 0 Å². The Balaban J connectivity index is 2.63. The lowest BCUT2D eigenvalue weighted by Gasteiger charge is -2.52. The Bertz CT molecular complexity index is 92.6. The van der Waals surface area contributed by atoms with Gasteiger partial charge in [-0.1, -0.05) is 22.2 Å². The van der Waals surface area contributed by atoms with E-state index in [0.717, 1.165) is 12.8 Å². The third-order valence-corrected chi connectivity index (χ3v) is 5.31. The number of rotatable bonds is 0. The van der Waals surface area contributed by atoms with Crippen LogP contribution in [0.25, 0.3) is 0 Å². The minimum atomic E-state index is 0.0563. The van der Waals surface area contributed by atoms with Crippen molar-refractivity contribution in [1.82, 2.24) is 0 Å². The molecule has 36 valence electrons. The van der Waals surface area contributed by atoms with Crippen LogP contribution in [0, 0.1) is 0 Å². The molecule has 1 rings (SSSR count). The van der Waals surface area contributed by atoms with Gasteiger partial charge in [-0.3, -0.25) is 0 Å². The van der Waals surface area contributed by atoms with Gasteiger partial charge >= 0.3 is 0 Å². The van der Waals surface area contributed by atoms with E-state index in [-0.39, 0.29) is 9.32 Å². The van der Waals surface area contributed by atoms with Crippen molar-refractivity contribution < 1.29 is 0 Å². The summed E-state index contributed by atoms with van der Waals surface area (Å²) in [4.78, 5) is 0. The maximum atomic E-state index is 3.55. The van der Waals surface area contributed by atoms with Crippen LogP contribution in [0.5, 0.6) is 0 Å². The fourth-order valence-corrected chi connectivity index (χ4v) is 1.62. The first-order chi connectivity index (χ1) is 3.46. The molecule has 0 atom stereocenters. The summed E-state index contributed by atoms with van der Waals surface area (Å²) in [6, 6.07) is 0. The van der Waals surface area contributed by atoms with Gasteiger partial charge in [-0.15, -0.1) is 0 Å². The summed E-state index contributed by atoms with van der Waals surface area (Å²) in [7, 11) is 14.2. The highest BCUT2D eigenvalue weighted by Crippen LogP contribution is 2.59. The van der Waals surface area contributed by atoms with E-state index in [0.29, 0.717) is 0 Å². The summed E-state index contributed by atoms with van der Waals surface area (Å²) < 4.78 is 0.113. The monoisotopic (exact) mass is 164 g/mol. The van der Waals surface area contributed by atoms with Crippen LogP contribution >= 0.6 is 0 Å². The van der Waals surface area contributed by atoms with E-state index in [9.17, 15) is 0 Å². The van der Waals surface area contributed by atoms with Crippen LogP contribution in [-0.4, -0.2) is 41.0 Å². The first-order valence-corrected chi connectivity index (χ1v) is 4.46. The minimum absolute atomic E-state index is 0.0563. The van der Waals surface area contributed by atoms with Crippen molar-refractivity contribution in [3.63, 3.8) is 0 Å². The van der Waals surface area contributed by atoms with E-state index in [1.807, 2.05) is 0 Å². The van der Waals surface area contributed by atoms with Gasteiger partial charge < -0.3 is 0 Å². The van der Waals surface area contributed by atoms with Gasteiger partial charge in [-0.05, 0) is 0 Å². The van der Waals surface area contributed by atoms with Crippen LogP contribution in [0.4, 0.5) is 0 Å². The van der Waals surface area contributed by atoms with E-state index in [1.54, 1.807) is 0 Å². The minimum Gasteiger partial charge on any atom is -0.0538 e. The van der Waals surface area contributed by atoms with Crippen molar-refractivity contribution in [2.75, 3.05) is 0 Å². The third kappa shape index (κ3) is 0.831. The van der Waals surface area contributed by atoms with Gasteiger partial charge in [0, 0.05) is 41.0 Å². The molecule has 0 unspecified atom stereocenters. The van der Waals surface area contributed by atoms with Crippen molar-refractivity contribution in [2.45, 2.75) is 22.2 Å². The molecule has 0 bridgehead atoms. The van der Waals surface area contributed by atoms with Crippen molar-refractivity contribution in [3.8, 4) is 0 Å². The van der Waals surface area contributed by atoms with Gasteiger partial charge in [0.25, 0.3) is 0 Å². The average Bonchev–Trinajstić information content (AvgIpc) is 1.64. The molecular formula is C4H4Si4. The molecule has 1 aliphatic carbocycles. The highest BCUT2D eigenvalue weighted by atomic mass is 28.2. The van der Waals surface area contributed by atoms with Crippen LogP contribution in [-0.2, 0) is 0 Å². The fraction of sp³-hybridized carbons (Fsp3) is 1.00. The lowest BCUT2D eigenvalue weighted by Crippen LogP contribution is -2.41. The zero-order valence-corrected chi connectivity index (χ0v) is 8.41. The Morgan fingerprint density at radius 2 is 1.00 bits per heavy atom. The summed E-state index contributed by atoms with van der Waals surface area (Å²) >= 11 is 0. The largest absolute Gasteiger partial charge is 0.0538 e. The van der Waals surface area contributed by atoms with Crippen molar-refractivity contribution in [2.24, 2.45) is 0 Å². The van der Waals surface area contributed by atoms with Crippen LogP contribution in [0.3, 0.4) is 0 Å². The first kappa shape index (κ1) is 6.98. The van der Waals surface area contributed by atoms with E-state index >= 15 is 0 Å². The van der Waals surface area contributed by atoms with Gasteiger partial charge in [0.1, 0.15) is 0 Å². The fourth-order valence-electron chi connectivity index (χ4n) is 0.625. The molecule has 0 N–H and O–H groups in total. The van der Waals surface area contributed by atoms with Crippen molar-refractivity contribution >= 4 is 41.0 Å². The van der Waals surface area contributed by atoms with Crippen LogP contribution < -0.4 is 0 Å². The van der Waals surface area contributed by atoms with Crippen molar-refractivity contribution in [1.29, 1.82) is 0 Å². The SMILES string of the molecule is [Si]C1([Si])CCC1([Si])[Si]. The Kier molecular flexibility index (Phi) is 1.46. The normalized spacial score (nSPS) is 31.5. The molecule has 0 spiro atoms. The van der Waals surface area contributed by atoms with E-state index in [2.05, 4.69) is 41.0 Å². The Hall–Kier alpha value is 0.868. The molecule has 1 saturated carbocycles. The summed E-state index contributed by atoms with van der Waals surface area (Å²) in [5.41, 5.74) is 0. The second-order valence-electron chi connectivity index (χ2n) is 2.31. The topological polar surface area (TPSA) is 0 Å². The average molecular weight is 164 g/mol. The maximum absolute atomic E-state index is 3.55. The predicted molar refractivity (Wildman–Crippen MR) is 37.6 cm³/mol. The quantitative estimate of drug-likeness (QED) is 0.431. The molecule has 0 saturated heterocycles. The molecule has 1 fully saturated rings. The summed E-state index contributed by atoms with van der Waals surface area (Å²) in [6.07, 6.45) is 2.29. The van der Waals surface area contributed by atoms with Gasteiger partial charge in [0.05, 0.1) is 0 Å². The van der Waals surface area contributed by atoms with Crippen LogP contribution in [0.1, 0.15) is 12.8 Å². The molecule has 0 aliphatic heterocycles. The maximum Gasteiger partial charge on any atom is 0.0261 e. The predicted octanol–water partition coefficient (Wildman–Crippen LogP) is -0.313. The molecule has 12 radical (unpaired) electrons. The number of hydrogen-bond donors (Lipinski definition) is 0. The molecule has 0 aromatic carbocycles. The summed E-state index contributed by atoms with van der Waals surface area (Å²) in [5.74, 6) is 0. The van der Waals surface area contributed by atoms with E-state index in [1.165, 1.54) is 0 Å². The molecule has 0 amide bonds. The smallest absolute Gasteiger partial charge is 0.0261 e. The van der Waals surface area contributed by atoms with Gasteiger partial charge in [0.15, 0.2) is 0 Å². The molecule has 0 aromatic heterocycles. The zero-order chi connectivity index (χ0) is 6.41. The zero-order valence-electron chi connectivity index (χ0n) is 4.41. The van der Waals surface area contributed by atoms with Gasteiger partial charge in [0.2, 0.25) is 0 Å². The summed E-state index contributed by atoms with van der Waals surface area (Å²) in [5, 5.41) is 0.